The van der Waals surface area contributed by atoms with Gasteiger partial charge in [0.1, 0.15) is 12.7 Å². The van der Waals surface area contributed by atoms with E-state index in [0.717, 1.165) is 57.8 Å². The number of hydrogen-bond acceptors (Lipinski definition) is 8. The molecule has 0 aliphatic rings. The molecule has 0 fully saturated rings. The number of carboxylic acid groups (broad SMARTS) is 1. The Labute approximate surface area is 371 Å². The largest absolute Gasteiger partial charge is 0.480 e. The minimum atomic E-state index is -4.76. The molecule has 0 spiro atoms. The lowest BCUT2D eigenvalue weighted by atomic mass is 10.0. The zero-order valence-corrected chi connectivity index (χ0v) is 39.6. The van der Waals surface area contributed by atoms with Crippen LogP contribution in [0.3, 0.4) is 0 Å². The first-order valence-corrected chi connectivity index (χ1v) is 26.0. The van der Waals surface area contributed by atoms with Gasteiger partial charge in [0.2, 0.25) is 5.91 Å². The summed E-state index contributed by atoms with van der Waals surface area (Å²) in [6.07, 6.45) is 48.8. The Morgan fingerprint density at radius 3 is 1.36 bits per heavy atom. The number of hydrogen-bond donors (Lipinski definition) is 4. The molecule has 0 aromatic carbocycles. The molecule has 0 aliphatic heterocycles. The number of esters is 1. The monoisotopic (exact) mass is 884 g/mol. The van der Waals surface area contributed by atoms with Crippen molar-refractivity contribution >= 4 is 25.7 Å². The van der Waals surface area contributed by atoms with Crippen molar-refractivity contribution in [3.05, 3.63) is 36.5 Å². The van der Waals surface area contributed by atoms with Gasteiger partial charge >= 0.3 is 19.8 Å². The van der Waals surface area contributed by atoms with E-state index in [1.54, 1.807) is 0 Å². The number of ether oxygens (including phenoxy) is 1. The zero-order valence-electron chi connectivity index (χ0n) is 38.7. The number of rotatable bonds is 46. The van der Waals surface area contributed by atoms with Gasteiger partial charge in [-0.05, 0) is 70.6 Å². The smallest absolute Gasteiger partial charge is 0.472 e. The number of unbranched alkanes of at least 4 members (excludes halogenated alkanes) is 26. The number of allylic oxidation sites excluding steroid dienone is 6. The van der Waals surface area contributed by atoms with Crippen LogP contribution in [-0.2, 0) is 32.7 Å². The van der Waals surface area contributed by atoms with Crippen LogP contribution in [0.2, 0.25) is 0 Å². The van der Waals surface area contributed by atoms with Gasteiger partial charge in [0.15, 0.2) is 6.04 Å². The van der Waals surface area contributed by atoms with Crippen molar-refractivity contribution in [2.75, 3.05) is 19.8 Å². The molecule has 0 saturated carbocycles. The van der Waals surface area contributed by atoms with Gasteiger partial charge in [0, 0.05) is 12.8 Å². The third-order valence-electron chi connectivity index (χ3n) is 10.7. The van der Waals surface area contributed by atoms with Crippen LogP contribution < -0.4 is 5.32 Å². The van der Waals surface area contributed by atoms with E-state index >= 15 is 0 Å². The van der Waals surface area contributed by atoms with Crippen molar-refractivity contribution in [3.8, 4) is 0 Å². The van der Waals surface area contributed by atoms with E-state index in [9.17, 15) is 34.1 Å². The lowest BCUT2D eigenvalue weighted by molar-refractivity contribution is -0.147. The predicted octanol–water partition coefficient (Wildman–Crippen LogP) is 13.2. The van der Waals surface area contributed by atoms with E-state index in [2.05, 4.69) is 55.6 Å². The molecule has 0 rings (SSSR count). The number of phosphoric ester groups is 1. The van der Waals surface area contributed by atoms with Crippen LogP contribution >= 0.6 is 7.82 Å². The number of amides is 1. The molecule has 0 aromatic heterocycles. The molecule has 0 aliphatic carbocycles. The van der Waals surface area contributed by atoms with Crippen molar-refractivity contribution in [1.82, 2.24) is 5.32 Å². The first-order chi connectivity index (χ1) is 29.6. The highest BCUT2D eigenvalue weighted by atomic mass is 31.2. The Kier molecular flexibility index (Phi) is 42.6. The van der Waals surface area contributed by atoms with Crippen molar-refractivity contribution in [2.24, 2.45) is 0 Å². The van der Waals surface area contributed by atoms with Crippen LogP contribution in [0.5, 0.6) is 0 Å². The summed E-state index contributed by atoms with van der Waals surface area (Å²) in [5.41, 5.74) is 0. The minimum absolute atomic E-state index is 0.145. The average molecular weight is 884 g/mol. The Balaban J connectivity index is 3.86. The normalized spacial score (nSPS) is 13.9. The van der Waals surface area contributed by atoms with E-state index in [4.69, 9.17) is 13.8 Å². The number of nitrogens with one attached hydrogen (secondary N) is 1. The van der Waals surface area contributed by atoms with Crippen LogP contribution in [0.15, 0.2) is 36.5 Å². The summed E-state index contributed by atoms with van der Waals surface area (Å²) in [6, 6.07) is -1.55. The van der Waals surface area contributed by atoms with Crippen molar-refractivity contribution < 1.29 is 47.8 Å². The third-order valence-corrected chi connectivity index (χ3v) is 11.6. The van der Waals surface area contributed by atoms with Gasteiger partial charge in [-0.15, -0.1) is 0 Å². The maximum Gasteiger partial charge on any atom is 0.472 e. The molecule has 0 saturated heterocycles. The fourth-order valence-corrected chi connectivity index (χ4v) is 7.58. The van der Waals surface area contributed by atoms with Gasteiger partial charge in [-0.2, -0.15) is 0 Å². The summed E-state index contributed by atoms with van der Waals surface area (Å²) in [6.45, 7) is 2.58. The fourth-order valence-electron chi connectivity index (χ4n) is 6.81. The van der Waals surface area contributed by atoms with Crippen LogP contribution in [0, 0.1) is 0 Å². The number of carbonyl (C=O) groups excluding carboxylic acids is 2. The molecule has 356 valence electrons. The summed E-state index contributed by atoms with van der Waals surface area (Å²) in [5, 5.41) is 21.9. The molecule has 0 aromatic rings. The quantitative estimate of drug-likeness (QED) is 0.0200. The molecular weight excluding hydrogens is 794 g/mol. The summed E-state index contributed by atoms with van der Waals surface area (Å²) in [4.78, 5) is 46.0. The molecule has 3 atom stereocenters. The van der Waals surface area contributed by atoms with Crippen molar-refractivity contribution in [2.45, 2.75) is 238 Å². The summed E-state index contributed by atoms with van der Waals surface area (Å²) < 4.78 is 26.9. The fraction of sp³-hybridized carbons (Fsp3) is 0.816. The lowest BCUT2D eigenvalue weighted by Crippen LogP contribution is -2.43. The van der Waals surface area contributed by atoms with Crippen LogP contribution in [-0.4, -0.2) is 64.9 Å². The van der Waals surface area contributed by atoms with Gasteiger partial charge in [0.25, 0.3) is 0 Å². The average Bonchev–Trinajstić information content (AvgIpc) is 3.24. The number of aliphatic hydroxyl groups excluding tert-OH is 1. The second-order valence-corrected chi connectivity index (χ2v) is 18.1. The van der Waals surface area contributed by atoms with Crippen molar-refractivity contribution in [1.29, 1.82) is 0 Å². The van der Waals surface area contributed by atoms with Gasteiger partial charge in [-0.25, -0.2) is 9.36 Å². The predicted molar refractivity (Wildman–Crippen MR) is 249 cm³/mol. The van der Waals surface area contributed by atoms with E-state index in [-0.39, 0.29) is 12.8 Å². The number of phosphoric acid groups is 1. The van der Waals surface area contributed by atoms with Gasteiger partial charge in [0.05, 0.1) is 13.2 Å². The Morgan fingerprint density at radius 2 is 0.902 bits per heavy atom. The molecule has 1 amide bonds. The Morgan fingerprint density at radius 1 is 0.525 bits per heavy atom. The number of aliphatic hydroxyl groups is 1. The highest BCUT2D eigenvalue weighted by Crippen LogP contribution is 2.43. The molecule has 61 heavy (non-hydrogen) atoms. The Hall–Kier alpha value is -2.30. The van der Waals surface area contributed by atoms with Crippen molar-refractivity contribution in [3.63, 3.8) is 0 Å². The van der Waals surface area contributed by atoms with E-state index < -0.39 is 57.6 Å². The molecular formula is C49H90NO10P. The third kappa shape index (κ3) is 44.1. The maximum absolute atomic E-state index is 12.4. The first kappa shape index (κ1) is 58.7. The molecule has 0 bridgehead atoms. The van der Waals surface area contributed by atoms with Crippen LogP contribution in [0.4, 0.5) is 0 Å². The number of aliphatic carboxylic acids is 1. The second-order valence-electron chi connectivity index (χ2n) is 16.6. The van der Waals surface area contributed by atoms with E-state index in [1.165, 1.54) is 128 Å². The van der Waals surface area contributed by atoms with E-state index in [1.807, 2.05) is 0 Å². The number of carboxylic acids is 1. The molecule has 12 heteroatoms. The maximum atomic E-state index is 12.4. The standard InChI is InChI=1S/C49H90NO10P/c1-3-5-7-9-11-13-15-17-19-21-22-23-24-25-26-28-30-32-34-36-38-40-47(52)50-46(49(54)55)44-60-61(56,57)59-43-45(51)42-58-48(53)41-39-37-35-33-31-29-27-20-18-16-14-12-10-8-6-4-2/h14,16-17,19-20,27,45-46,51H,3-13,15,18,21-26,28-44H2,1-2H3,(H,50,52)(H,54,55)(H,56,57)/b16-14-,19-17+,27-20-. The van der Waals surface area contributed by atoms with Gasteiger partial charge in [-0.3, -0.25) is 18.6 Å². The second kappa shape index (κ2) is 44.3. The van der Waals surface area contributed by atoms with Crippen LogP contribution in [0.25, 0.3) is 0 Å². The van der Waals surface area contributed by atoms with Gasteiger partial charge < -0.3 is 25.2 Å². The topological polar surface area (TPSA) is 169 Å². The molecule has 3 unspecified atom stereocenters. The summed E-state index contributed by atoms with van der Waals surface area (Å²) in [7, 11) is -4.76. The summed E-state index contributed by atoms with van der Waals surface area (Å²) >= 11 is 0. The zero-order chi connectivity index (χ0) is 44.9. The molecule has 0 radical (unpaired) electrons. The summed E-state index contributed by atoms with van der Waals surface area (Å²) in [5.74, 6) is -2.38. The first-order valence-electron chi connectivity index (χ1n) is 24.5. The van der Waals surface area contributed by atoms with E-state index in [0.29, 0.717) is 12.8 Å². The lowest BCUT2D eigenvalue weighted by Gasteiger charge is -2.18. The number of carbonyl (C=O) groups is 3. The highest BCUT2D eigenvalue weighted by molar-refractivity contribution is 7.47. The SMILES string of the molecule is CCCCCC/C=C\C/C=C\CCCCCCCC(=O)OCC(O)COP(=O)(O)OCC(NC(=O)CCCCCCCCCCCCC/C=C/CCCCCCCC)C(=O)O. The minimum Gasteiger partial charge on any atom is -0.480 e. The highest BCUT2D eigenvalue weighted by Gasteiger charge is 2.28. The Bertz CT molecular complexity index is 1180. The van der Waals surface area contributed by atoms with Gasteiger partial charge in [-0.1, -0.05) is 179 Å². The van der Waals surface area contributed by atoms with Crippen LogP contribution in [0.1, 0.15) is 226 Å². The molecule has 11 nitrogen and oxygen atoms in total. The molecule has 4 N–H and O–H groups in total. The molecule has 0 heterocycles.